The zero-order valence-corrected chi connectivity index (χ0v) is 12.4. The highest BCUT2D eigenvalue weighted by molar-refractivity contribution is 5.72. The summed E-state index contributed by atoms with van der Waals surface area (Å²) in [6, 6.07) is 0.0601. The van der Waals surface area contributed by atoms with Crippen molar-refractivity contribution in [3.8, 4) is 0 Å². The van der Waals surface area contributed by atoms with Gasteiger partial charge in [0.2, 0.25) is 0 Å². The molecule has 0 amide bonds. The molecule has 0 spiro atoms. The molecule has 2 fully saturated rings. The molecule has 4 atom stereocenters. The summed E-state index contributed by atoms with van der Waals surface area (Å²) >= 11 is 0. The van der Waals surface area contributed by atoms with E-state index in [1.165, 1.54) is 7.11 Å². The van der Waals surface area contributed by atoms with E-state index >= 15 is 0 Å². The Hall–Kier alpha value is -0.820. The van der Waals surface area contributed by atoms with Crippen molar-refractivity contribution in [3.63, 3.8) is 0 Å². The monoisotopic (exact) mass is 308 g/mol. The third-order valence-corrected chi connectivity index (χ3v) is 4.65. The van der Waals surface area contributed by atoms with Gasteiger partial charge in [-0.25, -0.2) is 0 Å². The average molecular weight is 308 g/mol. The largest absolute Gasteiger partial charge is 0.469 e. The van der Waals surface area contributed by atoms with Gasteiger partial charge in [0, 0.05) is 25.2 Å². The number of alkyl halides is 3. The van der Waals surface area contributed by atoms with Crippen LogP contribution < -0.4 is 5.32 Å². The van der Waals surface area contributed by atoms with Crippen molar-refractivity contribution in [1.29, 1.82) is 0 Å². The van der Waals surface area contributed by atoms with Crippen molar-refractivity contribution in [1.82, 2.24) is 10.2 Å². The van der Waals surface area contributed by atoms with Gasteiger partial charge in [-0.05, 0) is 25.2 Å². The van der Waals surface area contributed by atoms with E-state index in [1.54, 1.807) is 0 Å². The Labute approximate surface area is 123 Å². The third kappa shape index (κ3) is 4.32. The molecule has 7 heteroatoms. The molecule has 0 aromatic heterocycles. The van der Waals surface area contributed by atoms with Crippen molar-refractivity contribution in [3.05, 3.63) is 0 Å². The molecule has 1 saturated carbocycles. The standard InChI is InChI=1S/C14H23F3N2O2/c1-9-3-4-12(9)19-6-10(13(20)21-2)5-11(7-19)18-8-14(15,16)17/h9-12,18H,3-8H2,1-2H3. The van der Waals surface area contributed by atoms with Crippen LogP contribution in [0.15, 0.2) is 0 Å². The van der Waals surface area contributed by atoms with E-state index in [4.69, 9.17) is 4.74 Å². The molecule has 4 unspecified atom stereocenters. The summed E-state index contributed by atoms with van der Waals surface area (Å²) in [5.41, 5.74) is 0. The number of nitrogens with one attached hydrogen (secondary N) is 1. The zero-order chi connectivity index (χ0) is 15.6. The summed E-state index contributed by atoms with van der Waals surface area (Å²) in [7, 11) is 1.32. The molecule has 1 saturated heterocycles. The first-order valence-corrected chi connectivity index (χ1v) is 7.42. The summed E-state index contributed by atoms with van der Waals surface area (Å²) in [6.45, 7) is 2.29. The lowest BCUT2D eigenvalue weighted by Crippen LogP contribution is -2.58. The lowest BCUT2D eigenvalue weighted by Gasteiger charge is -2.48. The van der Waals surface area contributed by atoms with Crippen molar-refractivity contribution in [2.24, 2.45) is 11.8 Å². The van der Waals surface area contributed by atoms with Gasteiger partial charge in [0.1, 0.15) is 0 Å². The molecular weight excluding hydrogens is 285 g/mol. The van der Waals surface area contributed by atoms with Crippen LogP contribution in [0.25, 0.3) is 0 Å². The van der Waals surface area contributed by atoms with Crippen LogP contribution in [0, 0.1) is 11.8 Å². The number of halogens is 3. The van der Waals surface area contributed by atoms with Gasteiger partial charge >= 0.3 is 12.1 Å². The lowest BCUT2D eigenvalue weighted by atomic mass is 9.78. The van der Waals surface area contributed by atoms with Gasteiger partial charge in [-0.15, -0.1) is 0 Å². The van der Waals surface area contributed by atoms with E-state index in [2.05, 4.69) is 17.1 Å². The predicted octanol–water partition coefficient (Wildman–Crippen LogP) is 1.80. The normalized spacial score (nSPS) is 34.3. The van der Waals surface area contributed by atoms with Crippen molar-refractivity contribution in [2.75, 3.05) is 26.7 Å². The Morgan fingerprint density at radius 2 is 2.05 bits per heavy atom. The fourth-order valence-electron chi connectivity index (χ4n) is 3.34. The first-order chi connectivity index (χ1) is 9.80. The first-order valence-electron chi connectivity index (χ1n) is 7.42. The molecule has 4 nitrogen and oxygen atoms in total. The van der Waals surface area contributed by atoms with Crippen LogP contribution in [0.1, 0.15) is 26.2 Å². The fourth-order valence-corrected chi connectivity index (χ4v) is 3.34. The van der Waals surface area contributed by atoms with Gasteiger partial charge in [0.05, 0.1) is 19.6 Å². The van der Waals surface area contributed by atoms with Gasteiger partial charge in [-0.3, -0.25) is 9.69 Å². The SMILES string of the molecule is COC(=O)C1CC(NCC(F)(F)F)CN(C2CCC2C)C1. The fraction of sp³-hybridized carbons (Fsp3) is 0.929. The predicted molar refractivity (Wildman–Crippen MR) is 71.7 cm³/mol. The van der Waals surface area contributed by atoms with Crippen LogP contribution in [0.4, 0.5) is 13.2 Å². The van der Waals surface area contributed by atoms with E-state index in [0.29, 0.717) is 31.5 Å². The van der Waals surface area contributed by atoms with Crippen LogP contribution in [0.5, 0.6) is 0 Å². The Balaban J connectivity index is 1.97. The number of rotatable bonds is 4. The van der Waals surface area contributed by atoms with Crippen molar-refractivity contribution in [2.45, 2.75) is 44.4 Å². The lowest BCUT2D eigenvalue weighted by molar-refractivity contribution is -0.149. The summed E-state index contributed by atoms with van der Waals surface area (Å²) in [4.78, 5) is 13.9. The average Bonchev–Trinajstić information content (AvgIpc) is 2.41. The number of ether oxygens (including phenoxy) is 1. The summed E-state index contributed by atoms with van der Waals surface area (Å²) in [5.74, 6) is -0.127. The second-order valence-electron chi connectivity index (χ2n) is 6.22. The Kier molecular flexibility index (Phi) is 5.14. The van der Waals surface area contributed by atoms with E-state index in [0.717, 1.165) is 12.8 Å². The number of hydrogen-bond donors (Lipinski definition) is 1. The summed E-state index contributed by atoms with van der Waals surface area (Å²) in [6.07, 6.45) is -1.63. The number of piperidine rings is 1. The smallest absolute Gasteiger partial charge is 0.401 e. The highest BCUT2D eigenvalue weighted by atomic mass is 19.4. The van der Waals surface area contributed by atoms with Crippen LogP contribution in [-0.4, -0.2) is 55.9 Å². The van der Waals surface area contributed by atoms with Gasteiger partial charge in [0.25, 0.3) is 0 Å². The number of hydrogen-bond acceptors (Lipinski definition) is 4. The summed E-state index contributed by atoms with van der Waals surface area (Å²) < 4.78 is 41.9. The van der Waals surface area contributed by atoms with Gasteiger partial charge in [0.15, 0.2) is 0 Å². The van der Waals surface area contributed by atoms with E-state index in [1.807, 2.05) is 0 Å². The molecular formula is C14H23F3N2O2. The Morgan fingerprint density at radius 1 is 1.33 bits per heavy atom. The molecule has 0 aromatic carbocycles. The number of carbonyl (C=O) groups excluding carboxylic acids is 1. The molecule has 0 aromatic rings. The number of nitrogens with zero attached hydrogens (tertiary/aromatic N) is 1. The van der Waals surface area contributed by atoms with Gasteiger partial charge in [-0.2, -0.15) is 13.2 Å². The molecule has 122 valence electrons. The molecule has 2 aliphatic rings. The van der Waals surface area contributed by atoms with Crippen LogP contribution in [-0.2, 0) is 9.53 Å². The quantitative estimate of drug-likeness (QED) is 0.804. The second kappa shape index (κ2) is 6.52. The van der Waals surface area contributed by atoms with Crippen LogP contribution >= 0.6 is 0 Å². The van der Waals surface area contributed by atoms with Gasteiger partial charge < -0.3 is 10.1 Å². The molecule has 0 radical (unpaired) electrons. The Bertz CT molecular complexity index is 376. The molecule has 1 aliphatic heterocycles. The molecule has 1 aliphatic carbocycles. The number of likely N-dealkylation sites (tertiary alicyclic amines) is 1. The highest BCUT2D eigenvalue weighted by Crippen LogP contribution is 2.34. The van der Waals surface area contributed by atoms with Crippen LogP contribution in [0.2, 0.25) is 0 Å². The maximum atomic E-state index is 12.4. The van der Waals surface area contributed by atoms with Crippen molar-refractivity contribution >= 4 is 5.97 Å². The summed E-state index contributed by atoms with van der Waals surface area (Å²) in [5, 5.41) is 2.54. The minimum atomic E-state index is -4.23. The van der Waals surface area contributed by atoms with Crippen LogP contribution in [0.3, 0.4) is 0 Å². The molecule has 21 heavy (non-hydrogen) atoms. The minimum absolute atomic E-state index is 0.322. The highest BCUT2D eigenvalue weighted by Gasteiger charge is 2.40. The topological polar surface area (TPSA) is 41.6 Å². The number of esters is 1. The molecule has 1 heterocycles. The maximum absolute atomic E-state index is 12.4. The molecule has 2 rings (SSSR count). The zero-order valence-electron chi connectivity index (χ0n) is 12.4. The van der Waals surface area contributed by atoms with Crippen molar-refractivity contribution < 1.29 is 22.7 Å². The molecule has 0 bridgehead atoms. The van der Waals surface area contributed by atoms with Gasteiger partial charge in [-0.1, -0.05) is 6.92 Å². The second-order valence-corrected chi connectivity index (χ2v) is 6.22. The third-order valence-electron chi connectivity index (χ3n) is 4.65. The van der Waals surface area contributed by atoms with E-state index < -0.39 is 12.7 Å². The molecule has 1 N–H and O–H groups in total. The number of methoxy groups -OCH3 is 1. The van der Waals surface area contributed by atoms with E-state index in [9.17, 15) is 18.0 Å². The Morgan fingerprint density at radius 3 is 2.52 bits per heavy atom. The maximum Gasteiger partial charge on any atom is 0.401 e. The minimum Gasteiger partial charge on any atom is -0.469 e. The van der Waals surface area contributed by atoms with E-state index in [-0.39, 0.29) is 17.9 Å². The number of carbonyl (C=O) groups is 1. The first kappa shape index (κ1) is 16.5.